The third-order valence-corrected chi connectivity index (χ3v) is 3.26. The molecule has 1 fully saturated rings. The summed E-state index contributed by atoms with van der Waals surface area (Å²) in [5, 5.41) is 8.66. The van der Waals surface area contributed by atoms with Crippen molar-refractivity contribution in [2.75, 3.05) is 0 Å². The Kier molecular flexibility index (Phi) is 3.98. The van der Waals surface area contributed by atoms with Crippen LogP contribution in [-0.2, 0) is 20.9 Å². The predicted octanol–water partition coefficient (Wildman–Crippen LogP) is 1.68. The second-order valence-corrected chi connectivity index (χ2v) is 4.79. The Labute approximate surface area is 116 Å². The zero-order valence-corrected chi connectivity index (χ0v) is 11.1. The van der Waals surface area contributed by atoms with E-state index in [-0.39, 0.29) is 30.7 Å². The van der Waals surface area contributed by atoms with Gasteiger partial charge in [-0.25, -0.2) is 4.79 Å². The largest absolute Gasteiger partial charge is 0.478 e. The molecule has 1 N–H and O–H groups in total. The fourth-order valence-electron chi connectivity index (χ4n) is 2.19. The van der Waals surface area contributed by atoms with Gasteiger partial charge in [-0.1, -0.05) is 31.2 Å². The third kappa shape index (κ3) is 2.93. The van der Waals surface area contributed by atoms with E-state index in [2.05, 4.69) is 0 Å². The van der Waals surface area contributed by atoms with Crippen LogP contribution in [0.5, 0.6) is 0 Å². The van der Waals surface area contributed by atoms with E-state index in [0.29, 0.717) is 5.56 Å². The summed E-state index contributed by atoms with van der Waals surface area (Å²) in [6, 6.07) is 7.11. The Balaban J connectivity index is 2.24. The molecule has 0 aromatic heterocycles. The lowest BCUT2D eigenvalue weighted by Crippen LogP contribution is -2.29. The number of carbonyl (C=O) groups is 3. The van der Waals surface area contributed by atoms with Gasteiger partial charge in [0.2, 0.25) is 11.8 Å². The lowest BCUT2D eigenvalue weighted by atomic mass is 10.1. The summed E-state index contributed by atoms with van der Waals surface area (Å²) in [5.41, 5.74) is 1.44. The number of amides is 2. The molecule has 1 aliphatic rings. The molecule has 1 aromatic carbocycles. The summed E-state index contributed by atoms with van der Waals surface area (Å²) in [4.78, 5) is 35.5. The first-order valence-corrected chi connectivity index (χ1v) is 6.32. The highest BCUT2D eigenvalue weighted by Crippen LogP contribution is 2.22. The number of nitrogens with zero attached hydrogens (tertiary/aromatic N) is 1. The molecular weight excluding hydrogens is 258 g/mol. The number of carboxylic acids is 1. The number of hydrogen-bond donors (Lipinski definition) is 1. The van der Waals surface area contributed by atoms with Crippen LogP contribution in [0.4, 0.5) is 0 Å². The number of carbonyl (C=O) groups excluding carboxylic acids is 2. The highest BCUT2D eigenvalue weighted by atomic mass is 16.4. The fourth-order valence-corrected chi connectivity index (χ4v) is 2.19. The molecule has 2 amide bonds. The van der Waals surface area contributed by atoms with Crippen LogP contribution in [0.15, 0.2) is 30.3 Å². The van der Waals surface area contributed by atoms with E-state index in [1.54, 1.807) is 31.2 Å². The van der Waals surface area contributed by atoms with Gasteiger partial charge in [0.1, 0.15) is 0 Å². The van der Waals surface area contributed by atoms with Gasteiger partial charge < -0.3 is 5.11 Å². The highest BCUT2D eigenvalue weighted by Gasteiger charge is 2.35. The number of carboxylic acid groups (broad SMARTS) is 1. The minimum atomic E-state index is -1.04. The van der Waals surface area contributed by atoms with Gasteiger partial charge in [0.05, 0.1) is 6.54 Å². The van der Waals surface area contributed by atoms with E-state index in [1.807, 2.05) is 0 Å². The first-order chi connectivity index (χ1) is 9.49. The van der Waals surface area contributed by atoms with E-state index < -0.39 is 5.97 Å². The standard InChI is InChI=1S/C15H15NO4/c1-10-8-13(17)16(15(10)20)9-12-5-3-2-4-11(12)6-7-14(18)19/h2-7,10H,8-9H2,1H3,(H,18,19). The summed E-state index contributed by atoms with van der Waals surface area (Å²) < 4.78 is 0. The van der Waals surface area contributed by atoms with Gasteiger partial charge in [0.25, 0.3) is 0 Å². The molecule has 0 bridgehead atoms. The van der Waals surface area contributed by atoms with Gasteiger partial charge in [-0.2, -0.15) is 0 Å². The van der Waals surface area contributed by atoms with E-state index in [9.17, 15) is 14.4 Å². The monoisotopic (exact) mass is 273 g/mol. The van der Waals surface area contributed by atoms with Crippen molar-refractivity contribution >= 4 is 23.9 Å². The van der Waals surface area contributed by atoms with E-state index >= 15 is 0 Å². The molecule has 20 heavy (non-hydrogen) atoms. The van der Waals surface area contributed by atoms with E-state index in [1.165, 1.54) is 11.0 Å². The van der Waals surface area contributed by atoms with Crippen LogP contribution in [0.2, 0.25) is 0 Å². The maximum absolute atomic E-state index is 11.9. The normalized spacial score (nSPS) is 19.1. The summed E-state index contributed by atoms with van der Waals surface area (Å²) in [6.07, 6.45) is 2.74. The second kappa shape index (κ2) is 5.69. The van der Waals surface area contributed by atoms with E-state index in [0.717, 1.165) is 11.6 Å². The number of benzene rings is 1. The van der Waals surface area contributed by atoms with Gasteiger partial charge in [-0.3, -0.25) is 14.5 Å². The number of likely N-dealkylation sites (tertiary alicyclic amines) is 1. The van der Waals surface area contributed by atoms with Crippen molar-refractivity contribution in [2.24, 2.45) is 5.92 Å². The molecule has 1 saturated heterocycles. The Morgan fingerprint density at radius 1 is 1.40 bits per heavy atom. The molecule has 1 aliphatic heterocycles. The summed E-state index contributed by atoms with van der Waals surface area (Å²) in [6.45, 7) is 1.92. The number of imide groups is 1. The molecule has 2 rings (SSSR count). The van der Waals surface area contributed by atoms with Crippen LogP contribution in [0, 0.1) is 5.92 Å². The van der Waals surface area contributed by atoms with Crippen molar-refractivity contribution in [1.82, 2.24) is 4.90 Å². The number of rotatable bonds is 4. The summed E-state index contributed by atoms with van der Waals surface area (Å²) >= 11 is 0. The Hall–Kier alpha value is -2.43. The average Bonchev–Trinajstić information content (AvgIpc) is 2.64. The van der Waals surface area contributed by atoms with Crippen LogP contribution in [0.1, 0.15) is 24.5 Å². The first-order valence-electron chi connectivity index (χ1n) is 6.32. The average molecular weight is 273 g/mol. The van der Waals surface area contributed by atoms with Gasteiger partial charge in [0.15, 0.2) is 0 Å². The van der Waals surface area contributed by atoms with Crippen molar-refractivity contribution in [3.05, 3.63) is 41.5 Å². The lowest BCUT2D eigenvalue weighted by molar-refractivity contribution is -0.140. The number of hydrogen-bond acceptors (Lipinski definition) is 3. The van der Waals surface area contributed by atoms with Crippen LogP contribution in [0.3, 0.4) is 0 Å². The summed E-state index contributed by atoms with van der Waals surface area (Å²) in [5.74, 6) is -1.67. The topological polar surface area (TPSA) is 74.7 Å². The zero-order chi connectivity index (χ0) is 14.7. The maximum atomic E-state index is 11.9. The molecule has 1 unspecified atom stereocenters. The van der Waals surface area contributed by atoms with Crippen LogP contribution >= 0.6 is 0 Å². The zero-order valence-electron chi connectivity index (χ0n) is 11.1. The molecule has 0 aliphatic carbocycles. The SMILES string of the molecule is CC1CC(=O)N(Cc2ccccc2C=CC(=O)O)C1=O. The van der Waals surface area contributed by atoms with Gasteiger partial charge >= 0.3 is 5.97 Å². The molecule has 1 atom stereocenters. The molecular formula is C15H15NO4. The highest BCUT2D eigenvalue weighted by molar-refractivity contribution is 6.03. The lowest BCUT2D eigenvalue weighted by Gasteiger charge is -2.16. The van der Waals surface area contributed by atoms with Crippen molar-refractivity contribution in [1.29, 1.82) is 0 Å². The smallest absolute Gasteiger partial charge is 0.328 e. The fraction of sp³-hybridized carbons (Fsp3) is 0.267. The quantitative estimate of drug-likeness (QED) is 0.669. The first kappa shape index (κ1) is 14.0. The van der Waals surface area contributed by atoms with Crippen LogP contribution < -0.4 is 0 Å². The Bertz CT molecular complexity index is 591. The van der Waals surface area contributed by atoms with Crippen molar-refractivity contribution in [2.45, 2.75) is 19.9 Å². The number of aliphatic carboxylic acids is 1. The molecule has 0 saturated carbocycles. The molecule has 1 aromatic rings. The molecule has 5 heteroatoms. The van der Waals surface area contributed by atoms with Crippen molar-refractivity contribution < 1.29 is 19.5 Å². The van der Waals surface area contributed by atoms with Crippen LogP contribution in [-0.4, -0.2) is 27.8 Å². The predicted molar refractivity (Wildman–Crippen MR) is 72.4 cm³/mol. The molecule has 104 valence electrons. The van der Waals surface area contributed by atoms with Gasteiger partial charge in [-0.05, 0) is 17.2 Å². The molecule has 1 heterocycles. The van der Waals surface area contributed by atoms with E-state index in [4.69, 9.17) is 5.11 Å². The summed E-state index contributed by atoms with van der Waals surface area (Å²) in [7, 11) is 0. The van der Waals surface area contributed by atoms with Crippen molar-refractivity contribution in [3.8, 4) is 0 Å². The van der Waals surface area contributed by atoms with Crippen molar-refractivity contribution in [3.63, 3.8) is 0 Å². The maximum Gasteiger partial charge on any atom is 0.328 e. The molecule has 0 spiro atoms. The van der Waals surface area contributed by atoms with Gasteiger partial charge in [-0.15, -0.1) is 0 Å². The third-order valence-electron chi connectivity index (χ3n) is 3.26. The Morgan fingerprint density at radius 3 is 2.70 bits per heavy atom. The minimum Gasteiger partial charge on any atom is -0.478 e. The Morgan fingerprint density at radius 2 is 2.10 bits per heavy atom. The van der Waals surface area contributed by atoms with Crippen LogP contribution in [0.25, 0.3) is 6.08 Å². The minimum absolute atomic E-state index is 0.174. The second-order valence-electron chi connectivity index (χ2n) is 4.79. The van der Waals surface area contributed by atoms with Gasteiger partial charge in [0, 0.05) is 18.4 Å². The molecule has 5 nitrogen and oxygen atoms in total. The molecule has 0 radical (unpaired) electrons.